The lowest BCUT2D eigenvalue weighted by atomic mass is 10.1. The van der Waals surface area contributed by atoms with Crippen molar-refractivity contribution in [2.24, 2.45) is 0 Å². The molecule has 0 aliphatic carbocycles. The van der Waals surface area contributed by atoms with Crippen LogP contribution in [0.25, 0.3) is 0 Å². The Kier molecular flexibility index (Phi) is 5.87. The molecule has 0 amide bonds. The molecular weight excluding hydrogens is 439 g/mol. The fraction of sp³-hybridized carbons (Fsp3) is 0.455. The number of aryl methyl sites for hydroxylation is 2. The van der Waals surface area contributed by atoms with Gasteiger partial charge in [-0.2, -0.15) is 0 Å². The number of piperazine rings is 1. The zero-order valence-corrected chi connectivity index (χ0v) is 19.3. The molecule has 2 aliphatic rings. The molecule has 0 saturated carbocycles. The zero-order chi connectivity index (χ0) is 22.4. The van der Waals surface area contributed by atoms with E-state index in [0.717, 1.165) is 11.8 Å². The van der Waals surface area contributed by atoms with Crippen LogP contribution in [-0.4, -0.2) is 70.7 Å². The number of halogens is 1. The van der Waals surface area contributed by atoms with Gasteiger partial charge in [0, 0.05) is 37.9 Å². The minimum absolute atomic E-state index is 0.0133. The molecule has 0 unspecified atom stereocenters. The van der Waals surface area contributed by atoms with Gasteiger partial charge in [-0.25, -0.2) is 21.2 Å². The summed E-state index contributed by atoms with van der Waals surface area (Å²) < 4.78 is 65.3. The van der Waals surface area contributed by atoms with Crippen molar-refractivity contribution in [2.45, 2.75) is 30.0 Å². The van der Waals surface area contributed by atoms with E-state index >= 15 is 0 Å². The summed E-state index contributed by atoms with van der Waals surface area (Å²) in [7, 11) is -7.41. The summed E-state index contributed by atoms with van der Waals surface area (Å²) in [5.41, 5.74) is 2.58. The van der Waals surface area contributed by atoms with E-state index in [9.17, 15) is 21.2 Å². The molecule has 31 heavy (non-hydrogen) atoms. The van der Waals surface area contributed by atoms with Crippen LogP contribution in [0.15, 0.2) is 47.4 Å². The van der Waals surface area contributed by atoms with Crippen LogP contribution >= 0.6 is 0 Å². The van der Waals surface area contributed by atoms with E-state index in [0.29, 0.717) is 31.7 Å². The van der Waals surface area contributed by atoms with Crippen molar-refractivity contribution < 1.29 is 21.2 Å². The maximum absolute atomic E-state index is 13.5. The Morgan fingerprint density at radius 1 is 0.968 bits per heavy atom. The highest BCUT2D eigenvalue weighted by Gasteiger charge is 2.49. The molecule has 2 heterocycles. The third kappa shape index (κ3) is 4.49. The van der Waals surface area contributed by atoms with Gasteiger partial charge in [-0.05, 0) is 55.3 Å². The van der Waals surface area contributed by atoms with E-state index in [-0.39, 0.29) is 10.6 Å². The third-order valence-electron chi connectivity index (χ3n) is 6.26. The van der Waals surface area contributed by atoms with Crippen LogP contribution in [-0.2, 0) is 19.7 Å². The van der Waals surface area contributed by atoms with Gasteiger partial charge in [0.2, 0.25) is 0 Å². The largest absolute Gasteiger partial charge is 0.369 e. The SMILES string of the molecule is Cc1cccc(N2CCN([C@H]3CS(=O)(=O)C[C@@H]3S(=O)(=O)c3ccc(F)cc3C)CC2)c1. The number of sulfone groups is 2. The molecule has 2 atom stereocenters. The molecule has 0 spiro atoms. The third-order valence-corrected chi connectivity index (χ3v) is 10.5. The Bertz CT molecular complexity index is 1190. The van der Waals surface area contributed by atoms with Gasteiger partial charge in [-0.15, -0.1) is 0 Å². The van der Waals surface area contributed by atoms with Crippen molar-refractivity contribution in [3.63, 3.8) is 0 Å². The first kappa shape index (κ1) is 22.2. The van der Waals surface area contributed by atoms with Crippen LogP contribution in [0.3, 0.4) is 0 Å². The second-order valence-electron chi connectivity index (χ2n) is 8.50. The first-order valence-corrected chi connectivity index (χ1v) is 13.7. The molecule has 168 valence electrons. The summed E-state index contributed by atoms with van der Waals surface area (Å²) in [4.78, 5) is 4.25. The molecule has 0 bridgehead atoms. The molecule has 0 radical (unpaired) electrons. The monoisotopic (exact) mass is 466 g/mol. The molecule has 2 saturated heterocycles. The molecule has 2 aliphatic heterocycles. The molecule has 2 aromatic carbocycles. The summed E-state index contributed by atoms with van der Waals surface area (Å²) in [6.07, 6.45) is 0. The van der Waals surface area contributed by atoms with Gasteiger partial charge in [0.05, 0.1) is 21.7 Å². The topological polar surface area (TPSA) is 74.8 Å². The van der Waals surface area contributed by atoms with E-state index in [2.05, 4.69) is 11.0 Å². The van der Waals surface area contributed by atoms with Gasteiger partial charge in [0.1, 0.15) is 5.82 Å². The lowest BCUT2D eigenvalue weighted by molar-refractivity contribution is 0.201. The number of anilines is 1. The Hall–Kier alpha value is -1.97. The number of hydrogen-bond acceptors (Lipinski definition) is 6. The Morgan fingerprint density at radius 2 is 1.68 bits per heavy atom. The van der Waals surface area contributed by atoms with Gasteiger partial charge < -0.3 is 4.90 Å². The maximum Gasteiger partial charge on any atom is 0.184 e. The standard InChI is InChI=1S/C22H27FN2O4S2/c1-16-4-3-5-19(12-16)24-8-10-25(11-9-24)20-14-30(26,27)15-22(20)31(28,29)21-7-6-18(23)13-17(21)2/h3-7,12-13,20,22H,8-11,14-15H2,1-2H3/t20-,22-/m0/s1. The number of hydrogen-bond donors (Lipinski definition) is 0. The van der Waals surface area contributed by atoms with Gasteiger partial charge in [-0.3, -0.25) is 4.90 Å². The molecule has 0 aromatic heterocycles. The highest BCUT2D eigenvalue weighted by atomic mass is 32.2. The Balaban J connectivity index is 1.57. The van der Waals surface area contributed by atoms with E-state index in [1.807, 2.05) is 30.0 Å². The van der Waals surface area contributed by atoms with Crippen LogP contribution in [0.4, 0.5) is 10.1 Å². The predicted octanol–water partition coefficient (Wildman–Crippen LogP) is 2.20. The molecule has 2 aromatic rings. The summed E-state index contributed by atoms with van der Waals surface area (Å²) in [5, 5.41) is -1.05. The number of rotatable bonds is 4. The Morgan fingerprint density at radius 3 is 2.32 bits per heavy atom. The minimum atomic E-state index is -3.93. The Labute approximate surface area is 183 Å². The summed E-state index contributed by atoms with van der Waals surface area (Å²) in [6, 6.07) is 11.1. The average Bonchev–Trinajstić information content (AvgIpc) is 3.04. The van der Waals surface area contributed by atoms with Gasteiger partial charge in [0.15, 0.2) is 19.7 Å². The fourth-order valence-corrected chi connectivity index (χ4v) is 9.72. The summed E-state index contributed by atoms with van der Waals surface area (Å²) in [6.45, 7) is 6.14. The second kappa shape index (κ2) is 8.18. The van der Waals surface area contributed by atoms with Gasteiger partial charge in [-0.1, -0.05) is 12.1 Å². The molecule has 6 nitrogen and oxygen atoms in total. The van der Waals surface area contributed by atoms with Crippen LogP contribution < -0.4 is 4.90 Å². The first-order valence-electron chi connectivity index (χ1n) is 10.3. The van der Waals surface area contributed by atoms with Crippen LogP contribution in [0.2, 0.25) is 0 Å². The van der Waals surface area contributed by atoms with Crippen molar-refractivity contribution in [3.8, 4) is 0 Å². The van der Waals surface area contributed by atoms with E-state index in [1.54, 1.807) is 0 Å². The number of benzene rings is 2. The lowest BCUT2D eigenvalue weighted by Crippen LogP contribution is -2.55. The number of nitrogens with zero attached hydrogens (tertiary/aromatic N) is 2. The van der Waals surface area contributed by atoms with Crippen LogP contribution in [0.5, 0.6) is 0 Å². The van der Waals surface area contributed by atoms with Crippen LogP contribution in [0.1, 0.15) is 11.1 Å². The molecule has 4 rings (SSSR count). The molecule has 2 fully saturated rings. The highest BCUT2D eigenvalue weighted by molar-refractivity contribution is 7.96. The molecular formula is C22H27FN2O4S2. The molecule has 0 N–H and O–H groups in total. The lowest BCUT2D eigenvalue weighted by Gasteiger charge is -2.40. The normalized spacial score (nSPS) is 24.4. The maximum atomic E-state index is 13.5. The van der Waals surface area contributed by atoms with Crippen molar-refractivity contribution in [2.75, 3.05) is 42.6 Å². The van der Waals surface area contributed by atoms with E-state index in [1.165, 1.54) is 24.6 Å². The summed E-state index contributed by atoms with van der Waals surface area (Å²) in [5.74, 6) is -1.07. The highest BCUT2D eigenvalue weighted by Crippen LogP contribution is 2.31. The average molecular weight is 467 g/mol. The quantitative estimate of drug-likeness (QED) is 0.644. The van der Waals surface area contributed by atoms with E-state index < -0.39 is 42.5 Å². The second-order valence-corrected chi connectivity index (χ2v) is 12.8. The fourth-order valence-electron chi connectivity index (χ4n) is 4.67. The zero-order valence-electron chi connectivity index (χ0n) is 17.7. The van der Waals surface area contributed by atoms with E-state index in [4.69, 9.17) is 0 Å². The van der Waals surface area contributed by atoms with Gasteiger partial charge >= 0.3 is 0 Å². The van der Waals surface area contributed by atoms with Crippen molar-refractivity contribution in [1.82, 2.24) is 4.90 Å². The first-order chi connectivity index (χ1) is 14.6. The molecule has 9 heteroatoms. The predicted molar refractivity (Wildman–Crippen MR) is 120 cm³/mol. The van der Waals surface area contributed by atoms with Crippen molar-refractivity contribution in [3.05, 3.63) is 59.4 Å². The summed E-state index contributed by atoms with van der Waals surface area (Å²) >= 11 is 0. The minimum Gasteiger partial charge on any atom is -0.369 e. The van der Waals surface area contributed by atoms with Crippen molar-refractivity contribution >= 4 is 25.4 Å². The smallest absolute Gasteiger partial charge is 0.184 e. The van der Waals surface area contributed by atoms with Gasteiger partial charge in [0.25, 0.3) is 0 Å². The van der Waals surface area contributed by atoms with Crippen LogP contribution in [0, 0.1) is 19.7 Å². The van der Waals surface area contributed by atoms with Crippen molar-refractivity contribution in [1.29, 1.82) is 0 Å².